The summed E-state index contributed by atoms with van der Waals surface area (Å²) in [7, 11) is 0. The highest BCUT2D eigenvalue weighted by Gasteiger charge is 2.06. The van der Waals surface area contributed by atoms with Gasteiger partial charge in [0.15, 0.2) is 0 Å². The van der Waals surface area contributed by atoms with Crippen LogP contribution in [-0.2, 0) is 13.0 Å². The van der Waals surface area contributed by atoms with E-state index in [4.69, 9.17) is 4.42 Å². The molecule has 3 rings (SSSR count). The van der Waals surface area contributed by atoms with E-state index in [9.17, 15) is 4.79 Å². The van der Waals surface area contributed by atoms with Crippen LogP contribution in [0.1, 0.15) is 9.75 Å². The molecule has 3 aromatic heterocycles. The van der Waals surface area contributed by atoms with Gasteiger partial charge >= 0.3 is 6.03 Å². The van der Waals surface area contributed by atoms with Crippen LogP contribution in [0.3, 0.4) is 0 Å². The van der Waals surface area contributed by atoms with Crippen molar-refractivity contribution >= 4 is 28.7 Å². The number of rotatable bonds is 6. The minimum atomic E-state index is -0.129. The van der Waals surface area contributed by atoms with E-state index < -0.39 is 0 Å². The van der Waals surface area contributed by atoms with E-state index in [0.29, 0.717) is 13.1 Å². The fourth-order valence-corrected chi connectivity index (χ4v) is 3.63. The van der Waals surface area contributed by atoms with Crippen molar-refractivity contribution in [1.82, 2.24) is 10.6 Å². The molecular formula is C16H16N2O2S2. The van der Waals surface area contributed by atoms with E-state index in [-0.39, 0.29) is 6.03 Å². The van der Waals surface area contributed by atoms with Crippen LogP contribution in [0.2, 0.25) is 0 Å². The van der Waals surface area contributed by atoms with E-state index >= 15 is 0 Å². The van der Waals surface area contributed by atoms with Crippen molar-refractivity contribution in [1.29, 1.82) is 0 Å². The van der Waals surface area contributed by atoms with E-state index in [1.165, 1.54) is 4.88 Å². The van der Waals surface area contributed by atoms with Gasteiger partial charge in [0, 0.05) is 16.3 Å². The molecule has 0 aliphatic rings. The first-order valence-corrected chi connectivity index (χ1v) is 8.67. The second kappa shape index (κ2) is 7.29. The molecule has 3 aromatic rings. The van der Waals surface area contributed by atoms with Crippen molar-refractivity contribution < 1.29 is 9.21 Å². The third kappa shape index (κ3) is 3.99. The summed E-state index contributed by atoms with van der Waals surface area (Å²) >= 11 is 3.33. The number of furan rings is 1. The standard InChI is InChI=1S/C16H16N2O2S2/c19-16(18-11-13-3-2-10-21-13)17-8-7-12-5-6-15(22-12)14-4-1-9-20-14/h1-6,9-10H,7-8,11H2,(H2,17,18,19). The second-order valence-corrected chi connectivity index (χ2v) is 6.88. The Morgan fingerprint density at radius 2 is 2.05 bits per heavy atom. The van der Waals surface area contributed by atoms with Gasteiger partial charge in [-0.25, -0.2) is 4.79 Å². The maximum atomic E-state index is 11.7. The maximum absolute atomic E-state index is 11.7. The molecule has 114 valence electrons. The van der Waals surface area contributed by atoms with Gasteiger partial charge in [0.25, 0.3) is 0 Å². The Bertz CT molecular complexity index is 702. The first kappa shape index (κ1) is 14.9. The molecule has 0 aromatic carbocycles. The number of carbonyl (C=O) groups excluding carboxylic acids is 1. The Morgan fingerprint density at radius 1 is 1.09 bits per heavy atom. The van der Waals surface area contributed by atoms with Gasteiger partial charge in [-0.3, -0.25) is 0 Å². The number of hydrogen-bond acceptors (Lipinski definition) is 4. The zero-order chi connectivity index (χ0) is 15.2. The van der Waals surface area contributed by atoms with Crippen LogP contribution >= 0.6 is 22.7 Å². The minimum absolute atomic E-state index is 0.129. The summed E-state index contributed by atoms with van der Waals surface area (Å²) in [6.45, 7) is 1.19. The Morgan fingerprint density at radius 3 is 2.82 bits per heavy atom. The number of nitrogens with one attached hydrogen (secondary N) is 2. The Labute approximate surface area is 136 Å². The highest BCUT2D eigenvalue weighted by Crippen LogP contribution is 2.28. The van der Waals surface area contributed by atoms with Crippen molar-refractivity contribution in [3.8, 4) is 10.6 Å². The number of amides is 2. The molecule has 0 aliphatic heterocycles. The average Bonchev–Trinajstić information content (AvgIpc) is 3.26. The summed E-state index contributed by atoms with van der Waals surface area (Å²) in [6.07, 6.45) is 2.49. The minimum Gasteiger partial charge on any atom is -0.464 e. The fourth-order valence-electron chi connectivity index (χ4n) is 2.01. The molecule has 0 saturated heterocycles. The van der Waals surface area contributed by atoms with Gasteiger partial charge < -0.3 is 15.1 Å². The summed E-state index contributed by atoms with van der Waals surface area (Å²) in [5, 5.41) is 7.73. The summed E-state index contributed by atoms with van der Waals surface area (Å²) in [5.41, 5.74) is 0. The predicted octanol–water partition coefficient (Wildman–Crippen LogP) is 4.11. The SMILES string of the molecule is O=C(NCCc1ccc(-c2ccco2)s1)NCc1cccs1. The molecule has 0 atom stereocenters. The lowest BCUT2D eigenvalue weighted by molar-refractivity contribution is 0.241. The predicted molar refractivity (Wildman–Crippen MR) is 90.3 cm³/mol. The Hall–Kier alpha value is -2.05. The summed E-state index contributed by atoms with van der Waals surface area (Å²) < 4.78 is 5.37. The molecule has 3 heterocycles. The summed E-state index contributed by atoms with van der Waals surface area (Å²) in [5.74, 6) is 0.887. The van der Waals surface area contributed by atoms with Crippen LogP contribution in [0, 0.1) is 0 Å². The van der Waals surface area contributed by atoms with Gasteiger partial charge in [0.2, 0.25) is 0 Å². The van der Waals surface area contributed by atoms with Gasteiger partial charge in [-0.1, -0.05) is 6.07 Å². The highest BCUT2D eigenvalue weighted by molar-refractivity contribution is 7.15. The summed E-state index contributed by atoms with van der Waals surface area (Å²) in [4.78, 5) is 15.2. The van der Waals surface area contributed by atoms with Crippen LogP contribution < -0.4 is 10.6 Å². The van der Waals surface area contributed by atoms with Crippen LogP contribution in [0.25, 0.3) is 10.6 Å². The lowest BCUT2D eigenvalue weighted by atomic mass is 10.3. The Kier molecular flexibility index (Phi) is 4.92. The largest absolute Gasteiger partial charge is 0.464 e. The molecule has 0 unspecified atom stereocenters. The topological polar surface area (TPSA) is 54.3 Å². The normalized spacial score (nSPS) is 10.5. The molecule has 6 heteroatoms. The zero-order valence-electron chi connectivity index (χ0n) is 11.9. The van der Waals surface area contributed by atoms with E-state index in [0.717, 1.165) is 21.9 Å². The van der Waals surface area contributed by atoms with Gasteiger partial charge in [0.1, 0.15) is 5.76 Å². The molecule has 22 heavy (non-hydrogen) atoms. The monoisotopic (exact) mass is 332 g/mol. The van der Waals surface area contributed by atoms with Crippen LogP contribution in [0.4, 0.5) is 4.79 Å². The van der Waals surface area contributed by atoms with Gasteiger partial charge in [-0.15, -0.1) is 22.7 Å². The second-order valence-electron chi connectivity index (χ2n) is 4.68. The third-order valence-corrected chi connectivity index (χ3v) is 5.12. The molecule has 0 aliphatic carbocycles. The van der Waals surface area contributed by atoms with E-state index in [2.05, 4.69) is 22.8 Å². The van der Waals surface area contributed by atoms with Crippen molar-refractivity contribution in [2.45, 2.75) is 13.0 Å². The van der Waals surface area contributed by atoms with Gasteiger partial charge in [0.05, 0.1) is 17.7 Å². The molecule has 0 radical (unpaired) electrons. The molecule has 2 N–H and O–H groups in total. The van der Waals surface area contributed by atoms with Gasteiger partial charge in [-0.05, 0) is 42.1 Å². The van der Waals surface area contributed by atoms with Crippen molar-refractivity contribution in [3.05, 3.63) is 57.8 Å². The summed E-state index contributed by atoms with van der Waals surface area (Å²) in [6, 6.07) is 11.8. The van der Waals surface area contributed by atoms with Crippen LogP contribution in [0.15, 0.2) is 52.5 Å². The molecule has 0 fully saturated rings. The molecule has 0 saturated carbocycles. The van der Waals surface area contributed by atoms with Gasteiger partial charge in [-0.2, -0.15) is 0 Å². The number of urea groups is 1. The molecule has 2 amide bonds. The first-order valence-electron chi connectivity index (χ1n) is 6.98. The number of thiophene rings is 2. The molecule has 0 spiro atoms. The third-order valence-electron chi connectivity index (χ3n) is 3.09. The smallest absolute Gasteiger partial charge is 0.315 e. The van der Waals surface area contributed by atoms with E-state index in [1.807, 2.05) is 29.6 Å². The quantitative estimate of drug-likeness (QED) is 0.714. The van der Waals surface area contributed by atoms with Crippen LogP contribution in [0.5, 0.6) is 0 Å². The molecular weight excluding hydrogens is 316 g/mol. The first-order chi connectivity index (χ1) is 10.8. The maximum Gasteiger partial charge on any atom is 0.315 e. The fraction of sp³-hybridized carbons (Fsp3) is 0.188. The Balaban J connectivity index is 1.40. The van der Waals surface area contributed by atoms with E-state index in [1.54, 1.807) is 28.9 Å². The van der Waals surface area contributed by atoms with Crippen molar-refractivity contribution in [2.24, 2.45) is 0 Å². The van der Waals surface area contributed by atoms with Crippen molar-refractivity contribution in [3.63, 3.8) is 0 Å². The van der Waals surface area contributed by atoms with Crippen molar-refractivity contribution in [2.75, 3.05) is 6.54 Å². The number of carbonyl (C=O) groups is 1. The highest BCUT2D eigenvalue weighted by atomic mass is 32.1. The molecule has 0 bridgehead atoms. The zero-order valence-corrected chi connectivity index (χ0v) is 13.5. The lowest BCUT2D eigenvalue weighted by Gasteiger charge is -2.05. The number of hydrogen-bond donors (Lipinski definition) is 2. The average molecular weight is 332 g/mol. The lowest BCUT2D eigenvalue weighted by Crippen LogP contribution is -2.35. The van der Waals surface area contributed by atoms with Crippen LogP contribution in [-0.4, -0.2) is 12.6 Å². The molecule has 4 nitrogen and oxygen atoms in total.